The zero-order valence-electron chi connectivity index (χ0n) is 9.91. The molecule has 6 heteroatoms. The third-order valence-electron chi connectivity index (χ3n) is 2.46. The number of carbonyl (C=O) groups is 2. The van der Waals surface area contributed by atoms with Gasteiger partial charge in [0.15, 0.2) is 0 Å². The number of fused-ring (bicyclic) bond motifs is 1. The molecule has 0 fully saturated rings. The van der Waals surface area contributed by atoms with Gasteiger partial charge in [-0.25, -0.2) is 10.2 Å². The van der Waals surface area contributed by atoms with Crippen LogP contribution in [-0.4, -0.2) is 23.5 Å². The maximum absolute atomic E-state index is 11.9. The third kappa shape index (κ3) is 2.42. The lowest BCUT2D eigenvalue weighted by molar-refractivity contribution is 0.0938. The number of aromatic amines is 1. The number of aromatic nitrogens is 1. The minimum atomic E-state index is -0.439. The highest BCUT2D eigenvalue weighted by atomic mass is 16.2. The summed E-state index contributed by atoms with van der Waals surface area (Å²) in [5.41, 5.74) is 5.98. The van der Waals surface area contributed by atoms with Gasteiger partial charge in [-0.1, -0.05) is 18.2 Å². The summed E-state index contributed by atoms with van der Waals surface area (Å²) in [5, 5.41) is 3.32. The first-order chi connectivity index (χ1) is 8.72. The van der Waals surface area contributed by atoms with Gasteiger partial charge in [0, 0.05) is 23.6 Å². The van der Waals surface area contributed by atoms with Crippen LogP contribution in [0.4, 0.5) is 4.79 Å². The lowest BCUT2D eigenvalue weighted by Crippen LogP contribution is -2.46. The van der Waals surface area contributed by atoms with Crippen LogP contribution in [0, 0.1) is 0 Å². The van der Waals surface area contributed by atoms with E-state index in [0.29, 0.717) is 12.1 Å². The van der Waals surface area contributed by atoms with Gasteiger partial charge in [0.1, 0.15) is 0 Å². The molecule has 0 saturated heterocycles. The van der Waals surface area contributed by atoms with Gasteiger partial charge in [0.05, 0.1) is 5.56 Å². The van der Waals surface area contributed by atoms with E-state index in [1.54, 1.807) is 13.1 Å². The highest BCUT2D eigenvalue weighted by Crippen LogP contribution is 2.16. The molecule has 18 heavy (non-hydrogen) atoms. The van der Waals surface area contributed by atoms with Crippen molar-refractivity contribution in [1.82, 2.24) is 21.2 Å². The molecule has 4 N–H and O–H groups in total. The van der Waals surface area contributed by atoms with E-state index in [4.69, 9.17) is 0 Å². The summed E-state index contributed by atoms with van der Waals surface area (Å²) in [5.74, 6) is -0.362. The molecule has 0 aliphatic carbocycles. The predicted octanol–water partition coefficient (Wildman–Crippen LogP) is 1.13. The molecule has 0 bridgehead atoms. The van der Waals surface area contributed by atoms with E-state index >= 15 is 0 Å². The van der Waals surface area contributed by atoms with Crippen molar-refractivity contribution in [1.29, 1.82) is 0 Å². The number of benzene rings is 1. The van der Waals surface area contributed by atoms with E-state index < -0.39 is 6.03 Å². The molecule has 0 spiro atoms. The Bertz CT molecular complexity index is 576. The lowest BCUT2D eigenvalue weighted by Gasteiger charge is -2.06. The first-order valence-electron chi connectivity index (χ1n) is 5.62. The molecular weight excluding hydrogens is 232 g/mol. The molecule has 0 aliphatic rings. The van der Waals surface area contributed by atoms with Crippen molar-refractivity contribution >= 4 is 22.8 Å². The molecule has 2 rings (SSSR count). The van der Waals surface area contributed by atoms with E-state index in [1.807, 2.05) is 24.3 Å². The van der Waals surface area contributed by atoms with Crippen LogP contribution >= 0.6 is 0 Å². The predicted molar refractivity (Wildman–Crippen MR) is 68.0 cm³/mol. The number of carbonyl (C=O) groups excluding carboxylic acids is 2. The number of hydrogen-bond acceptors (Lipinski definition) is 2. The van der Waals surface area contributed by atoms with Crippen molar-refractivity contribution < 1.29 is 9.59 Å². The number of rotatable bonds is 2. The summed E-state index contributed by atoms with van der Waals surface area (Å²) >= 11 is 0. The van der Waals surface area contributed by atoms with Crippen LogP contribution in [0.2, 0.25) is 0 Å². The van der Waals surface area contributed by atoms with Gasteiger partial charge in [0.2, 0.25) is 0 Å². The second-order valence-electron chi connectivity index (χ2n) is 3.69. The van der Waals surface area contributed by atoms with E-state index in [2.05, 4.69) is 21.2 Å². The van der Waals surface area contributed by atoms with Crippen LogP contribution in [-0.2, 0) is 0 Å². The highest BCUT2D eigenvalue weighted by molar-refractivity contribution is 6.06. The van der Waals surface area contributed by atoms with Gasteiger partial charge in [-0.3, -0.25) is 10.2 Å². The van der Waals surface area contributed by atoms with Crippen LogP contribution < -0.4 is 16.2 Å². The molecule has 1 aromatic heterocycles. The van der Waals surface area contributed by atoms with Crippen molar-refractivity contribution in [2.24, 2.45) is 0 Å². The molecule has 6 nitrogen and oxygen atoms in total. The van der Waals surface area contributed by atoms with E-state index in [9.17, 15) is 9.59 Å². The van der Waals surface area contributed by atoms with E-state index in [1.165, 1.54) is 0 Å². The largest absolute Gasteiger partial charge is 0.360 e. The number of hydrazine groups is 1. The standard InChI is InChI=1S/C12H14N4O2/c1-2-13-12(18)16-15-11(17)9-7-14-10-6-4-3-5-8(9)10/h3-7,14H,2H2,1H3,(H,15,17)(H2,13,16,18). The molecular formula is C12H14N4O2. The summed E-state index contributed by atoms with van der Waals surface area (Å²) in [6, 6.07) is 7.01. The Morgan fingerprint density at radius 1 is 1.22 bits per heavy atom. The number of urea groups is 1. The summed E-state index contributed by atoms with van der Waals surface area (Å²) in [7, 11) is 0. The summed E-state index contributed by atoms with van der Waals surface area (Å²) in [6.07, 6.45) is 1.61. The minimum Gasteiger partial charge on any atom is -0.360 e. The molecule has 0 saturated carbocycles. The fourth-order valence-corrected chi connectivity index (χ4v) is 1.64. The van der Waals surface area contributed by atoms with Gasteiger partial charge >= 0.3 is 6.03 Å². The SMILES string of the molecule is CCNC(=O)NNC(=O)c1c[nH]c2ccccc12. The van der Waals surface area contributed by atoms with Crippen molar-refractivity contribution in [2.45, 2.75) is 6.92 Å². The Morgan fingerprint density at radius 2 is 2.00 bits per heavy atom. The van der Waals surface area contributed by atoms with Crippen molar-refractivity contribution in [3.63, 3.8) is 0 Å². The van der Waals surface area contributed by atoms with Gasteiger partial charge in [-0.05, 0) is 13.0 Å². The topological polar surface area (TPSA) is 86.0 Å². The monoisotopic (exact) mass is 246 g/mol. The Labute approximate surface area is 104 Å². The molecule has 1 heterocycles. The Kier molecular flexibility index (Phi) is 3.47. The first kappa shape index (κ1) is 12.0. The average Bonchev–Trinajstić information content (AvgIpc) is 2.80. The molecule has 0 atom stereocenters. The number of nitrogens with one attached hydrogen (secondary N) is 4. The van der Waals surface area contributed by atoms with Gasteiger partial charge in [0.25, 0.3) is 5.91 Å². The third-order valence-corrected chi connectivity index (χ3v) is 2.46. The quantitative estimate of drug-likeness (QED) is 0.599. The average molecular weight is 246 g/mol. The molecule has 94 valence electrons. The van der Waals surface area contributed by atoms with E-state index in [0.717, 1.165) is 10.9 Å². The van der Waals surface area contributed by atoms with Crippen molar-refractivity contribution in [3.05, 3.63) is 36.0 Å². The van der Waals surface area contributed by atoms with Crippen LogP contribution in [0.1, 0.15) is 17.3 Å². The summed E-state index contributed by atoms with van der Waals surface area (Å²) < 4.78 is 0. The van der Waals surface area contributed by atoms with Crippen LogP contribution in [0.5, 0.6) is 0 Å². The van der Waals surface area contributed by atoms with Gasteiger partial charge < -0.3 is 10.3 Å². The molecule has 1 aromatic carbocycles. The zero-order chi connectivity index (χ0) is 13.0. The normalized spacial score (nSPS) is 10.1. The second kappa shape index (κ2) is 5.22. The highest BCUT2D eigenvalue weighted by Gasteiger charge is 2.11. The second-order valence-corrected chi connectivity index (χ2v) is 3.69. The number of amides is 3. The van der Waals surface area contributed by atoms with Gasteiger partial charge in [-0.2, -0.15) is 0 Å². The Morgan fingerprint density at radius 3 is 2.78 bits per heavy atom. The Balaban J connectivity index is 2.07. The van der Waals surface area contributed by atoms with Gasteiger partial charge in [-0.15, -0.1) is 0 Å². The van der Waals surface area contributed by atoms with Crippen molar-refractivity contribution in [2.75, 3.05) is 6.54 Å². The molecule has 0 unspecified atom stereocenters. The molecule has 2 aromatic rings. The number of para-hydroxylation sites is 1. The molecule has 0 radical (unpaired) electrons. The van der Waals surface area contributed by atoms with Crippen molar-refractivity contribution in [3.8, 4) is 0 Å². The molecule has 0 aliphatic heterocycles. The minimum absolute atomic E-state index is 0.362. The maximum Gasteiger partial charge on any atom is 0.333 e. The molecule has 3 amide bonds. The Hall–Kier alpha value is -2.50. The van der Waals surface area contributed by atoms with E-state index in [-0.39, 0.29) is 5.91 Å². The summed E-state index contributed by atoms with van der Waals surface area (Å²) in [6.45, 7) is 2.29. The zero-order valence-corrected chi connectivity index (χ0v) is 9.91. The maximum atomic E-state index is 11.9. The number of H-pyrrole nitrogens is 1. The van der Waals surface area contributed by atoms with Crippen LogP contribution in [0.3, 0.4) is 0 Å². The number of hydrogen-bond donors (Lipinski definition) is 4. The fourth-order valence-electron chi connectivity index (χ4n) is 1.64. The van der Waals surface area contributed by atoms with Crippen LogP contribution in [0.15, 0.2) is 30.5 Å². The smallest absolute Gasteiger partial charge is 0.333 e. The van der Waals surface area contributed by atoms with Crippen LogP contribution in [0.25, 0.3) is 10.9 Å². The fraction of sp³-hybridized carbons (Fsp3) is 0.167. The lowest BCUT2D eigenvalue weighted by atomic mass is 10.2. The first-order valence-corrected chi connectivity index (χ1v) is 5.62. The summed E-state index contributed by atoms with van der Waals surface area (Å²) in [4.78, 5) is 26.0.